The van der Waals surface area contributed by atoms with E-state index in [1.165, 1.54) is 60.9 Å². The molecular formula is C43H29NO. The molecule has 0 unspecified atom stereocenters. The third-order valence-corrected chi connectivity index (χ3v) is 9.10. The first-order valence-corrected chi connectivity index (χ1v) is 15.5. The van der Waals surface area contributed by atoms with Gasteiger partial charge in [0.25, 0.3) is 0 Å². The summed E-state index contributed by atoms with van der Waals surface area (Å²) < 4.78 is 8.49. The van der Waals surface area contributed by atoms with E-state index in [-0.39, 0.29) is 0 Å². The molecule has 0 N–H and O–H groups in total. The number of aromatic nitrogens is 1. The van der Waals surface area contributed by atoms with Crippen LogP contribution in [0.3, 0.4) is 0 Å². The fourth-order valence-corrected chi connectivity index (χ4v) is 7.01. The lowest BCUT2D eigenvalue weighted by Crippen LogP contribution is -1.95. The summed E-state index contributed by atoms with van der Waals surface area (Å²) in [5.74, 6) is 0. The Labute approximate surface area is 261 Å². The Morgan fingerprint density at radius 2 is 0.956 bits per heavy atom. The van der Waals surface area contributed by atoms with Crippen molar-refractivity contribution in [3.8, 4) is 27.9 Å². The fraction of sp³-hybridized carbons (Fsp3) is 0.0233. The lowest BCUT2D eigenvalue weighted by Gasteiger charge is -2.14. The van der Waals surface area contributed by atoms with Gasteiger partial charge in [-0.25, -0.2) is 0 Å². The predicted molar refractivity (Wildman–Crippen MR) is 188 cm³/mol. The number of benzene rings is 7. The van der Waals surface area contributed by atoms with E-state index in [2.05, 4.69) is 156 Å². The van der Waals surface area contributed by atoms with Crippen LogP contribution in [0.4, 0.5) is 0 Å². The van der Waals surface area contributed by atoms with Gasteiger partial charge in [-0.3, -0.25) is 0 Å². The van der Waals surface area contributed by atoms with Gasteiger partial charge in [-0.1, -0.05) is 115 Å². The summed E-state index contributed by atoms with van der Waals surface area (Å²) in [6.07, 6.45) is 0.834. The largest absolute Gasteiger partial charge is 0.456 e. The van der Waals surface area contributed by atoms with Gasteiger partial charge in [0.05, 0.1) is 11.0 Å². The molecule has 0 spiro atoms. The third kappa shape index (κ3) is 4.26. The van der Waals surface area contributed by atoms with Gasteiger partial charge in [0.1, 0.15) is 11.2 Å². The average molecular weight is 576 g/mol. The molecule has 0 aliphatic carbocycles. The molecular weight excluding hydrogens is 546 g/mol. The normalized spacial score (nSPS) is 11.6. The van der Waals surface area contributed by atoms with Crippen molar-refractivity contribution in [1.82, 2.24) is 4.57 Å². The van der Waals surface area contributed by atoms with Gasteiger partial charge >= 0.3 is 0 Å². The van der Waals surface area contributed by atoms with Crippen LogP contribution < -0.4 is 0 Å². The Hall–Kier alpha value is -5.86. The fourth-order valence-electron chi connectivity index (χ4n) is 7.01. The van der Waals surface area contributed by atoms with E-state index in [9.17, 15) is 0 Å². The molecule has 0 aliphatic heterocycles. The second kappa shape index (κ2) is 10.4. The van der Waals surface area contributed by atoms with Crippen LogP contribution in [-0.2, 0) is 6.42 Å². The van der Waals surface area contributed by atoms with E-state index in [0.717, 1.165) is 28.4 Å². The van der Waals surface area contributed by atoms with Gasteiger partial charge in [-0.2, -0.15) is 0 Å². The molecule has 9 aromatic rings. The molecule has 9 rings (SSSR count). The highest BCUT2D eigenvalue weighted by atomic mass is 16.3. The molecule has 2 heterocycles. The van der Waals surface area contributed by atoms with Crippen LogP contribution in [0.15, 0.2) is 168 Å². The van der Waals surface area contributed by atoms with E-state index < -0.39 is 0 Å². The van der Waals surface area contributed by atoms with Crippen LogP contribution in [0, 0.1) is 0 Å². The topological polar surface area (TPSA) is 18.1 Å². The van der Waals surface area contributed by atoms with E-state index >= 15 is 0 Å². The summed E-state index contributed by atoms with van der Waals surface area (Å²) in [5.41, 5.74) is 13.0. The molecule has 0 aliphatic rings. The van der Waals surface area contributed by atoms with Crippen LogP contribution in [0.5, 0.6) is 0 Å². The quantitative estimate of drug-likeness (QED) is 0.200. The van der Waals surface area contributed by atoms with Gasteiger partial charge in [0.2, 0.25) is 0 Å². The molecule has 0 saturated carbocycles. The maximum absolute atomic E-state index is 6.12. The molecule has 212 valence electrons. The number of furan rings is 1. The second-order valence-electron chi connectivity index (χ2n) is 11.7. The Balaban J connectivity index is 1.15. The molecule has 2 heteroatoms. The summed E-state index contributed by atoms with van der Waals surface area (Å²) in [5, 5.41) is 4.84. The molecule has 0 saturated heterocycles. The maximum Gasteiger partial charge on any atom is 0.135 e. The first-order chi connectivity index (χ1) is 22.3. The van der Waals surface area contributed by atoms with Crippen molar-refractivity contribution in [2.75, 3.05) is 0 Å². The van der Waals surface area contributed by atoms with Gasteiger partial charge < -0.3 is 8.98 Å². The van der Waals surface area contributed by atoms with Crippen molar-refractivity contribution < 1.29 is 4.42 Å². The van der Waals surface area contributed by atoms with Crippen LogP contribution in [0.2, 0.25) is 0 Å². The highest BCUT2D eigenvalue weighted by Crippen LogP contribution is 2.38. The Morgan fingerprint density at radius 1 is 0.400 bits per heavy atom. The van der Waals surface area contributed by atoms with Crippen molar-refractivity contribution in [2.45, 2.75) is 6.42 Å². The number of nitrogens with zero attached hydrogens (tertiary/aromatic N) is 1. The molecule has 2 aromatic heterocycles. The van der Waals surface area contributed by atoms with E-state index in [1.54, 1.807) is 0 Å². The summed E-state index contributed by atoms with van der Waals surface area (Å²) in [7, 11) is 0. The van der Waals surface area contributed by atoms with E-state index in [0.29, 0.717) is 0 Å². The molecule has 45 heavy (non-hydrogen) atoms. The minimum atomic E-state index is 0.834. The molecule has 0 bridgehead atoms. The van der Waals surface area contributed by atoms with Crippen molar-refractivity contribution in [2.24, 2.45) is 0 Å². The van der Waals surface area contributed by atoms with Crippen molar-refractivity contribution in [3.05, 3.63) is 175 Å². The molecule has 0 radical (unpaired) electrons. The van der Waals surface area contributed by atoms with Gasteiger partial charge in [0.15, 0.2) is 0 Å². The predicted octanol–water partition coefficient (Wildman–Crippen LogP) is 11.6. The SMILES string of the molecule is c1ccc(-n2c3ccccc3c3cc(-c4ccccc4Cc4ccccc4-c4ccc5oc6ccccc6c5c4)ccc32)cc1. The van der Waals surface area contributed by atoms with Crippen LogP contribution >= 0.6 is 0 Å². The highest BCUT2D eigenvalue weighted by Gasteiger charge is 2.16. The summed E-state index contributed by atoms with van der Waals surface area (Å²) in [4.78, 5) is 0. The van der Waals surface area contributed by atoms with E-state index in [4.69, 9.17) is 4.42 Å². The Morgan fingerprint density at radius 3 is 1.73 bits per heavy atom. The Bertz CT molecular complexity index is 2510. The monoisotopic (exact) mass is 575 g/mol. The lowest BCUT2D eigenvalue weighted by atomic mass is 9.90. The first kappa shape index (κ1) is 25.6. The second-order valence-corrected chi connectivity index (χ2v) is 11.7. The Kier molecular flexibility index (Phi) is 5.92. The van der Waals surface area contributed by atoms with Crippen molar-refractivity contribution in [1.29, 1.82) is 0 Å². The third-order valence-electron chi connectivity index (χ3n) is 9.10. The van der Waals surface area contributed by atoms with Gasteiger partial charge in [0, 0.05) is 27.2 Å². The summed E-state index contributed by atoms with van der Waals surface area (Å²) in [6.45, 7) is 0. The number of fused-ring (bicyclic) bond motifs is 6. The molecule has 0 atom stereocenters. The molecule has 0 amide bonds. The average Bonchev–Trinajstić information content (AvgIpc) is 3.64. The minimum absolute atomic E-state index is 0.834. The lowest BCUT2D eigenvalue weighted by molar-refractivity contribution is 0.669. The van der Waals surface area contributed by atoms with Gasteiger partial charge in [-0.05, 0) is 88.3 Å². The van der Waals surface area contributed by atoms with Crippen molar-refractivity contribution >= 4 is 43.7 Å². The van der Waals surface area contributed by atoms with Crippen LogP contribution in [0.1, 0.15) is 11.1 Å². The van der Waals surface area contributed by atoms with Crippen LogP contribution in [0.25, 0.3) is 71.7 Å². The van der Waals surface area contributed by atoms with Crippen LogP contribution in [-0.4, -0.2) is 4.57 Å². The molecule has 0 fully saturated rings. The highest BCUT2D eigenvalue weighted by molar-refractivity contribution is 6.10. The number of hydrogen-bond acceptors (Lipinski definition) is 1. The number of rotatable bonds is 5. The smallest absolute Gasteiger partial charge is 0.135 e. The summed E-state index contributed by atoms with van der Waals surface area (Å²) >= 11 is 0. The maximum atomic E-state index is 6.12. The minimum Gasteiger partial charge on any atom is -0.456 e. The zero-order valence-electron chi connectivity index (χ0n) is 24.7. The number of hydrogen-bond donors (Lipinski definition) is 0. The zero-order valence-corrected chi connectivity index (χ0v) is 24.7. The summed E-state index contributed by atoms with van der Waals surface area (Å²) in [6, 6.07) is 58.8. The molecule has 7 aromatic carbocycles. The zero-order chi connectivity index (χ0) is 29.7. The van der Waals surface area contributed by atoms with Crippen molar-refractivity contribution in [3.63, 3.8) is 0 Å². The number of para-hydroxylation sites is 3. The molecule has 2 nitrogen and oxygen atoms in total. The van der Waals surface area contributed by atoms with Gasteiger partial charge in [-0.15, -0.1) is 0 Å². The van der Waals surface area contributed by atoms with E-state index in [1.807, 2.05) is 12.1 Å². The first-order valence-electron chi connectivity index (χ1n) is 15.5. The standard InChI is InChI=1S/C43H29NO/c1-2-14-33(15-3-1)44-40-20-10-8-18-36(40)38-27-31(22-24-41(38)44)34-16-6-4-12-29(34)26-30-13-5-7-17-35(30)32-23-25-43-39(28-32)37-19-9-11-21-42(37)45-43/h1-25,27-28H,26H2.